The molecule has 4 nitrogen and oxygen atoms in total. The Labute approximate surface area is 156 Å². The van der Waals surface area contributed by atoms with E-state index in [1.54, 1.807) is 30.3 Å². The Balaban J connectivity index is 1.75. The van der Waals surface area contributed by atoms with Crippen LogP contribution in [0, 0.1) is 19.8 Å². The number of carbonyl (C=O) groups excluding carboxylic acids is 2. The molecule has 1 fully saturated rings. The topological polar surface area (TPSA) is 46.6 Å². The minimum absolute atomic E-state index is 0.0898. The summed E-state index contributed by atoms with van der Waals surface area (Å²) >= 11 is 12.2. The Hall–Kier alpha value is -2.04. The van der Waals surface area contributed by atoms with Crippen LogP contribution >= 0.6 is 23.2 Å². The van der Waals surface area contributed by atoms with E-state index in [4.69, 9.17) is 27.9 Å². The van der Waals surface area contributed by atoms with Crippen LogP contribution in [0.25, 0.3) is 0 Å². The lowest BCUT2D eigenvalue weighted by Crippen LogP contribution is -2.27. The predicted octanol–water partition coefficient (Wildman–Crippen LogP) is 4.57. The van der Waals surface area contributed by atoms with E-state index < -0.39 is 11.9 Å². The van der Waals surface area contributed by atoms with Crippen LogP contribution in [0.2, 0.25) is 10.0 Å². The number of rotatable bonds is 3. The normalized spacial score (nSPS) is 17.0. The fourth-order valence-electron chi connectivity index (χ4n) is 2.98. The standard InChI is InChI=1S/C19H17Cl2NO3/c1-11-5-12(2)7-15(6-11)25-19(24)13-8-18(23)22(10-13)17-9-14(20)3-4-16(17)21/h3-7,9,13H,8,10H2,1-2H3/t13-/m0/s1. The molecule has 0 N–H and O–H groups in total. The maximum absolute atomic E-state index is 12.5. The Morgan fingerprint density at radius 3 is 2.48 bits per heavy atom. The van der Waals surface area contributed by atoms with Crippen LogP contribution in [-0.4, -0.2) is 18.4 Å². The molecule has 2 aromatic carbocycles. The van der Waals surface area contributed by atoms with Crippen LogP contribution in [0.15, 0.2) is 36.4 Å². The largest absolute Gasteiger partial charge is 0.426 e. The Kier molecular flexibility index (Phi) is 5.02. The number of hydrogen-bond donors (Lipinski definition) is 0. The average Bonchev–Trinajstić information content (AvgIpc) is 2.90. The number of esters is 1. The fraction of sp³-hybridized carbons (Fsp3) is 0.263. The van der Waals surface area contributed by atoms with Gasteiger partial charge in [0.05, 0.1) is 16.6 Å². The van der Waals surface area contributed by atoms with Crippen molar-refractivity contribution in [2.75, 3.05) is 11.4 Å². The quantitative estimate of drug-likeness (QED) is 0.581. The van der Waals surface area contributed by atoms with Crippen molar-refractivity contribution in [3.63, 3.8) is 0 Å². The SMILES string of the molecule is Cc1cc(C)cc(OC(=O)[C@H]2CC(=O)N(c3cc(Cl)ccc3Cl)C2)c1. The summed E-state index contributed by atoms with van der Waals surface area (Å²) in [4.78, 5) is 26.3. The molecule has 0 spiro atoms. The highest BCUT2D eigenvalue weighted by Gasteiger charge is 2.37. The lowest BCUT2D eigenvalue weighted by molar-refractivity contribution is -0.139. The summed E-state index contributed by atoms with van der Waals surface area (Å²) < 4.78 is 5.47. The highest BCUT2D eigenvalue weighted by atomic mass is 35.5. The molecule has 0 bridgehead atoms. The lowest BCUT2D eigenvalue weighted by Gasteiger charge is -2.18. The maximum atomic E-state index is 12.5. The zero-order valence-corrected chi connectivity index (χ0v) is 15.4. The van der Waals surface area contributed by atoms with Gasteiger partial charge in [0.1, 0.15) is 5.75 Å². The van der Waals surface area contributed by atoms with Gasteiger partial charge < -0.3 is 9.64 Å². The summed E-state index contributed by atoms with van der Waals surface area (Å²) in [5, 5.41) is 0.898. The van der Waals surface area contributed by atoms with Gasteiger partial charge in [0, 0.05) is 18.0 Å². The molecule has 3 rings (SSSR count). The number of aryl methyl sites for hydroxylation is 2. The van der Waals surface area contributed by atoms with Crippen molar-refractivity contribution in [2.45, 2.75) is 20.3 Å². The smallest absolute Gasteiger partial charge is 0.316 e. The average molecular weight is 378 g/mol. The predicted molar refractivity (Wildman–Crippen MR) is 98.5 cm³/mol. The Morgan fingerprint density at radius 1 is 1.12 bits per heavy atom. The third-order valence-corrected chi connectivity index (χ3v) is 4.63. The van der Waals surface area contributed by atoms with Crippen LogP contribution in [0.1, 0.15) is 17.5 Å². The second-order valence-electron chi connectivity index (χ2n) is 6.25. The minimum Gasteiger partial charge on any atom is -0.426 e. The number of hydrogen-bond acceptors (Lipinski definition) is 3. The van der Waals surface area contributed by atoms with E-state index in [0.29, 0.717) is 21.5 Å². The van der Waals surface area contributed by atoms with Gasteiger partial charge in [-0.2, -0.15) is 0 Å². The molecule has 1 atom stereocenters. The second kappa shape index (κ2) is 7.06. The molecule has 0 aromatic heterocycles. The van der Waals surface area contributed by atoms with Crippen LogP contribution in [-0.2, 0) is 9.59 Å². The molecule has 2 aromatic rings. The molecule has 0 unspecified atom stereocenters. The number of carbonyl (C=O) groups is 2. The van der Waals surface area contributed by atoms with Crippen molar-refractivity contribution < 1.29 is 14.3 Å². The van der Waals surface area contributed by atoms with Crippen molar-refractivity contribution >= 4 is 40.8 Å². The minimum atomic E-state index is -0.539. The first-order chi connectivity index (χ1) is 11.8. The van der Waals surface area contributed by atoms with Gasteiger partial charge in [0.25, 0.3) is 0 Å². The van der Waals surface area contributed by atoms with E-state index in [0.717, 1.165) is 11.1 Å². The third-order valence-electron chi connectivity index (χ3n) is 4.07. The molecule has 0 aliphatic carbocycles. The van der Waals surface area contributed by atoms with E-state index in [-0.39, 0.29) is 18.9 Å². The van der Waals surface area contributed by atoms with Gasteiger partial charge in [0.15, 0.2) is 0 Å². The van der Waals surface area contributed by atoms with Crippen LogP contribution < -0.4 is 9.64 Å². The number of amides is 1. The second-order valence-corrected chi connectivity index (χ2v) is 7.09. The van der Waals surface area contributed by atoms with Crippen LogP contribution in [0.5, 0.6) is 5.75 Å². The van der Waals surface area contributed by atoms with Gasteiger partial charge >= 0.3 is 5.97 Å². The monoisotopic (exact) mass is 377 g/mol. The molecule has 6 heteroatoms. The highest BCUT2D eigenvalue weighted by Crippen LogP contribution is 2.34. The summed E-state index contributed by atoms with van der Waals surface area (Å²) in [6.45, 7) is 4.10. The van der Waals surface area contributed by atoms with Crippen molar-refractivity contribution in [1.82, 2.24) is 0 Å². The van der Waals surface area contributed by atoms with E-state index in [2.05, 4.69) is 0 Å². The molecule has 130 valence electrons. The first kappa shape index (κ1) is 17.8. The molecule has 1 amide bonds. The molecular formula is C19H17Cl2NO3. The summed E-state index contributed by atoms with van der Waals surface area (Å²) in [6.07, 6.45) is 0.0898. The first-order valence-electron chi connectivity index (χ1n) is 7.89. The van der Waals surface area contributed by atoms with E-state index in [1.807, 2.05) is 19.9 Å². The number of ether oxygens (including phenoxy) is 1. The first-order valence-corrected chi connectivity index (χ1v) is 8.64. The van der Waals surface area contributed by atoms with Gasteiger partial charge in [-0.15, -0.1) is 0 Å². The lowest BCUT2D eigenvalue weighted by atomic mass is 10.1. The Morgan fingerprint density at radius 2 is 1.80 bits per heavy atom. The number of nitrogens with zero attached hydrogens (tertiary/aromatic N) is 1. The summed E-state index contributed by atoms with van der Waals surface area (Å²) in [5.41, 5.74) is 2.54. The van der Waals surface area contributed by atoms with Gasteiger partial charge in [-0.1, -0.05) is 29.3 Å². The van der Waals surface area contributed by atoms with Crippen LogP contribution in [0.4, 0.5) is 5.69 Å². The van der Waals surface area contributed by atoms with Crippen molar-refractivity contribution in [2.24, 2.45) is 5.92 Å². The molecule has 1 heterocycles. The summed E-state index contributed by atoms with van der Waals surface area (Å²) in [5.74, 6) is -0.636. The van der Waals surface area contributed by atoms with Gasteiger partial charge in [-0.05, 0) is 55.3 Å². The highest BCUT2D eigenvalue weighted by molar-refractivity contribution is 6.35. The molecule has 1 aliphatic rings. The third kappa shape index (κ3) is 3.97. The molecule has 0 saturated carbocycles. The molecule has 1 aliphatic heterocycles. The summed E-state index contributed by atoms with van der Waals surface area (Å²) in [7, 11) is 0. The number of halogens is 2. The molecular weight excluding hydrogens is 361 g/mol. The molecule has 0 radical (unpaired) electrons. The fourth-order valence-corrected chi connectivity index (χ4v) is 3.37. The van der Waals surface area contributed by atoms with E-state index in [9.17, 15) is 9.59 Å². The van der Waals surface area contributed by atoms with E-state index >= 15 is 0 Å². The zero-order chi connectivity index (χ0) is 18.1. The van der Waals surface area contributed by atoms with Gasteiger partial charge in [-0.3, -0.25) is 9.59 Å². The van der Waals surface area contributed by atoms with Crippen molar-refractivity contribution in [3.05, 3.63) is 57.6 Å². The Bertz CT molecular complexity index is 830. The number of benzene rings is 2. The zero-order valence-electron chi connectivity index (χ0n) is 13.9. The van der Waals surface area contributed by atoms with Crippen molar-refractivity contribution in [3.8, 4) is 5.75 Å². The molecule has 25 heavy (non-hydrogen) atoms. The van der Waals surface area contributed by atoms with Crippen molar-refractivity contribution in [1.29, 1.82) is 0 Å². The molecule has 1 saturated heterocycles. The van der Waals surface area contributed by atoms with Gasteiger partial charge in [0.2, 0.25) is 5.91 Å². The summed E-state index contributed by atoms with van der Waals surface area (Å²) in [6, 6.07) is 10.5. The number of anilines is 1. The van der Waals surface area contributed by atoms with Gasteiger partial charge in [-0.25, -0.2) is 0 Å². The van der Waals surface area contributed by atoms with Crippen LogP contribution in [0.3, 0.4) is 0 Å². The maximum Gasteiger partial charge on any atom is 0.316 e. The van der Waals surface area contributed by atoms with E-state index in [1.165, 1.54) is 4.90 Å².